The van der Waals surface area contributed by atoms with Crippen LogP contribution in [0.2, 0.25) is 5.02 Å². The van der Waals surface area contributed by atoms with E-state index in [0.29, 0.717) is 10.1 Å². The zero-order valence-corrected chi connectivity index (χ0v) is 20.4. The number of hydrogen-bond donors (Lipinski definition) is 1. The number of nitrogens with zero attached hydrogens (tertiary/aromatic N) is 3. The molecule has 0 aliphatic carbocycles. The number of aromatic nitrogens is 2. The first-order valence-electron chi connectivity index (χ1n) is 11.0. The lowest BCUT2D eigenvalue weighted by atomic mass is 9.96. The SMILES string of the molecule is Cc1ccc(-n2c(C)cc([C@H]3[C@@H](c4ccccn4)NC(=S)N3c3ccc(Cl)cc3)c2C)cc1. The molecule has 166 valence electrons. The Balaban J connectivity index is 1.67. The predicted octanol–water partition coefficient (Wildman–Crippen LogP) is 6.63. The molecule has 1 N–H and O–H groups in total. The Morgan fingerprint density at radius 3 is 2.27 bits per heavy atom. The average molecular weight is 473 g/mol. The Morgan fingerprint density at radius 2 is 1.61 bits per heavy atom. The molecule has 1 fully saturated rings. The van der Waals surface area contributed by atoms with E-state index in [2.05, 4.69) is 76.9 Å². The van der Waals surface area contributed by atoms with Crippen LogP contribution in [0.3, 0.4) is 0 Å². The molecule has 1 saturated heterocycles. The van der Waals surface area contributed by atoms with Crippen LogP contribution in [0.4, 0.5) is 5.69 Å². The van der Waals surface area contributed by atoms with E-state index in [-0.39, 0.29) is 12.1 Å². The molecule has 2 aromatic heterocycles. The van der Waals surface area contributed by atoms with Crippen molar-refractivity contribution in [2.24, 2.45) is 0 Å². The highest BCUT2D eigenvalue weighted by atomic mass is 35.5. The fraction of sp³-hybridized carbons (Fsp3) is 0.185. The predicted molar refractivity (Wildman–Crippen MR) is 139 cm³/mol. The highest BCUT2D eigenvalue weighted by Crippen LogP contribution is 2.43. The van der Waals surface area contributed by atoms with E-state index in [0.717, 1.165) is 17.1 Å². The summed E-state index contributed by atoms with van der Waals surface area (Å²) < 4.78 is 2.31. The van der Waals surface area contributed by atoms with E-state index in [1.54, 1.807) is 0 Å². The zero-order valence-electron chi connectivity index (χ0n) is 18.8. The number of hydrogen-bond acceptors (Lipinski definition) is 2. The smallest absolute Gasteiger partial charge is 0.174 e. The van der Waals surface area contributed by atoms with Crippen molar-refractivity contribution < 1.29 is 0 Å². The number of nitrogens with one attached hydrogen (secondary N) is 1. The molecule has 4 aromatic rings. The summed E-state index contributed by atoms with van der Waals surface area (Å²) in [6, 6.07) is 24.6. The van der Waals surface area contributed by atoms with Crippen molar-refractivity contribution in [3.8, 4) is 5.69 Å². The lowest BCUT2D eigenvalue weighted by Gasteiger charge is -2.28. The summed E-state index contributed by atoms with van der Waals surface area (Å²) in [5.41, 5.74) is 7.94. The van der Waals surface area contributed by atoms with Crippen molar-refractivity contribution in [3.05, 3.63) is 112 Å². The molecule has 0 unspecified atom stereocenters. The molecular weight excluding hydrogens is 448 g/mol. The molecule has 6 heteroatoms. The van der Waals surface area contributed by atoms with Gasteiger partial charge in [0.05, 0.1) is 17.8 Å². The molecule has 0 saturated carbocycles. The molecule has 0 amide bonds. The van der Waals surface area contributed by atoms with Gasteiger partial charge in [0, 0.05) is 34.0 Å². The van der Waals surface area contributed by atoms with Gasteiger partial charge in [0.15, 0.2) is 5.11 Å². The fourth-order valence-corrected chi connectivity index (χ4v) is 5.20. The van der Waals surface area contributed by atoms with Crippen molar-refractivity contribution in [2.45, 2.75) is 32.9 Å². The second-order valence-electron chi connectivity index (χ2n) is 8.47. The number of rotatable bonds is 4. The summed E-state index contributed by atoms with van der Waals surface area (Å²) in [5, 5.41) is 4.92. The summed E-state index contributed by atoms with van der Waals surface area (Å²) in [4.78, 5) is 6.85. The molecule has 1 aliphatic rings. The highest BCUT2D eigenvalue weighted by molar-refractivity contribution is 7.80. The highest BCUT2D eigenvalue weighted by Gasteiger charge is 2.42. The number of aryl methyl sites for hydroxylation is 2. The topological polar surface area (TPSA) is 33.1 Å². The zero-order chi connectivity index (χ0) is 23.1. The van der Waals surface area contributed by atoms with Crippen molar-refractivity contribution >= 4 is 34.6 Å². The third kappa shape index (κ3) is 3.92. The molecule has 0 bridgehead atoms. The maximum atomic E-state index is 6.18. The lowest BCUT2D eigenvalue weighted by molar-refractivity contribution is 0.565. The van der Waals surface area contributed by atoms with E-state index < -0.39 is 0 Å². The third-order valence-electron chi connectivity index (χ3n) is 6.28. The van der Waals surface area contributed by atoms with E-state index in [4.69, 9.17) is 23.8 Å². The van der Waals surface area contributed by atoms with Crippen molar-refractivity contribution in [1.29, 1.82) is 0 Å². The van der Waals surface area contributed by atoms with Crippen molar-refractivity contribution in [1.82, 2.24) is 14.9 Å². The summed E-state index contributed by atoms with van der Waals surface area (Å²) in [6.45, 7) is 6.44. The molecule has 0 radical (unpaired) electrons. The minimum Gasteiger partial charge on any atom is -0.351 e. The van der Waals surface area contributed by atoms with E-state index >= 15 is 0 Å². The van der Waals surface area contributed by atoms with Crippen LogP contribution in [-0.2, 0) is 0 Å². The van der Waals surface area contributed by atoms with Gasteiger partial charge in [0.1, 0.15) is 0 Å². The maximum absolute atomic E-state index is 6.18. The summed E-state index contributed by atoms with van der Waals surface area (Å²) >= 11 is 12.0. The summed E-state index contributed by atoms with van der Waals surface area (Å²) in [6.07, 6.45) is 1.83. The molecule has 33 heavy (non-hydrogen) atoms. The fourth-order valence-electron chi connectivity index (χ4n) is 4.73. The number of pyridine rings is 1. The van der Waals surface area contributed by atoms with Crippen LogP contribution in [0.1, 0.15) is 40.3 Å². The first kappa shape index (κ1) is 21.7. The normalized spacial score (nSPS) is 17.9. The molecule has 3 heterocycles. The van der Waals surface area contributed by atoms with Gasteiger partial charge in [-0.3, -0.25) is 4.98 Å². The van der Waals surface area contributed by atoms with Gasteiger partial charge >= 0.3 is 0 Å². The Morgan fingerprint density at radius 1 is 0.909 bits per heavy atom. The largest absolute Gasteiger partial charge is 0.351 e. The van der Waals surface area contributed by atoms with Crippen LogP contribution in [0, 0.1) is 20.8 Å². The van der Waals surface area contributed by atoms with E-state index in [9.17, 15) is 0 Å². The first-order chi connectivity index (χ1) is 15.9. The quantitative estimate of drug-likeness (QED) is 0.338. The molecular formula is C27H25ClN4S. The standard InChI is InChI=1S/C27H25ClN4S/c1-17-7-11-21(12-8-17)31-18(2)16-23(19(31)3)26-25(24-6-4-5-15-29-24)30-27(33)32(26)22-13-9-20(28)10-14-22/h4-16,25-26H,1-3H3,(H,30,33)/t25-,26+/m1/s1. The number of benzene rings is 2. The maximum Gasteiger partial charge on any atom is 0.174 e. The van der Waals surface area contributed by atoms with Crippen molar-refractivity contribution in [2.75, 3.05) is 4.90 Å². The Hall–Kier alpha value is -3.15. The van der Waals surface area contributed by atoms with Gasteiger partial charge in [0.2, 0.25) is 0 Å². The third-order valence-corrected chi connectivity index (χ3v) is 6.85. The second-order valence-corrected chi connectivity index (χ2v) is 9.29. The summed E-state index contributed by atoms with van der Waals surface area (Å²) in [7, 11) is 0. The summed E-state index contributed by atoms with van der Waals surface area (Å²) in [5.74, 6) is 0. The number of halogens is 1. The van der Waals surface area contributed by atoms with Gasteiger partial charge in [-0.25, -0.2) is 0 Å². The van der Waals surface area contributed by atoms with Crippen LogP contribution >= 0.6 is 23.8 Å². The van der Waals surface area contributed by atoms with Gasteiger partial charge in [-0.2, -0.15) is 0 Å². The van der Waals surface area contributed by atoms with Crippen LogP contribution < -0.4 is 10.2 Å². The van der Waals surface area contributed by atoms with Gasteiger partial charge in [0.25, 0.3) is 0 Å². The van der Waals surface area contributed by atoms with Crippen LogP contribution in [0.15, 0.2) is 79.0 Å². The molecule has 2 aromatic carbocycles. The minimum atomic E-state index is -0.0821. The minimum absolute atomic E-state index is 0.0565. The Bertz CT molecular complexity index is 1300. The van der Waals surface area contributed by atoms with Gasteiger partial charge in [-0.1, -0.05) is 35.4 Å². The number of anilines is 1. The molecule has 0 spiro atoms. The Labute approximate surface area is 204 Å². The Kier molecular flexibility index (Phi) is 5.69. The lowest BCUT2D eigenvalue weighted by Crippen LogP contribution is -2.29. The van der Waals surface area contributed by atoms with Crippen molar-refractivity contribution in [3.63, 3.8) is 0 Å². The van der Waals surface area contributed by atoms with Gasteiger partial charge in [-0.15, -0.1) is 0 Å². The molecule has 4 nitrogen and oxygen atoms in total. The van der Waals surface area contributed by atoms with Crippen LogP contribution in [0.5, 0.6) is 0 Å². The van der Waals surface area contributed by atoms with Crippen LogP contribution in [0.25, 0.3) is 5.69 Å². The van der Waals surface area contributed by atoms with Crippen LogP contribution in [-0.4, -0.2) is 14.7 Å². The van der Waals surface area contributed by atoms with E-state index in [1.165, 1.54) is 22.5 Å². The van der Waals surface area contributed by atoms with Gasteiger partial charge in [-0.05, 0) is 93.1 Å². The molecule has 2 atom stereocenters. The molecule has 5 rings (SSSR count). The molecule has 1 aliphatic heterocycles. The first-order valence-corrected chi connectivity index (χ1v) is 11.7. The second kappa shape index (κ2) is 8.65. The van der Waals surface area contributed by atoms with E-state index in [1.807, 2.05) is 42.6 Å². The van der Waals surface area contributed by atoms with Gasteiger partial charge < -0.3 is 14.8 Å². The average Bonchev–Trinajstić information content (AvgIpc) is 3.31. The number of thiocarbonyl (C=S) groups is 1. The monoisotopic (exact) mass is 472 g/mol.